The van der Waals surface area contributed by atoms with E-state index in [-0.39, 0.29) is 23.7 Å². The van der Waals surface area contributed by atoms with E-state index >= 15 is 0 Å². The lowest BCUT2D eigenvalue weighted by atomic mass is 10.1. The van der Waals surface area contributed by atoms with E-state index in [0.717, 1.165) is 11.8 Å². The van der Waals surface area contributed by atoms with Crippen molar-refractivity contribution in [2.75, 3.05) is 0 Å². The average Bonchev–Trinajstić information content (AvgIpc) is 2.96. The number of aromatic hydroxyl groups is 1. The molecule has 3 rings (SSSR count). The van der Waals surface area contributed by atoms with Gasteiger partial charge in [0.25, 0.3) is 0 Å². The Labute approximate surface area is 152 Å². The minimum atomic E-state index is -4.55. The van der Waals surface area contributed by atoms with Crippen LogP contribution in [0.2, 0.25) is 5.02 Å². The highest BCUT2D eigenvalue weighted by atomic mass is 35.5. The zero-order valence-electron chi connectivity index (χ0n) is 13.6. The van der Waals surface area contributed by atoms with Crippen LogP contribution in [0.4, 0.5) is 13.2 Å². The van der Waals surface area contributed by atoms with Gasteiger partial charge >= 0.3 is 6.18 Å². The Kier molecular flexibility index (Phi) is 4.82. The van der Waals surface area contributed by atoms with Crippen LogP contribution in [0.3, 0.4) is 0 Å². The van der Waals surface area contributed by atoms with Crippen molar-refractivity contribution < 1.29 is 23.0 Å². The molecule has 0 unspecified atom stereocenters. The molecule has 4 nitrogen and oxygen atoms in total. The molecule has 0 amide bonds. The zero-order chi connectivity index (χ0) is 18.9. The van der Waals surface area contributed by atoms with Gasteiger partial charge in [0.1, 0.15) is 23.9 Å². The Hall–Kier alpha value is -2.67. The summed E-state index contributed by atoms with van der Waals surface area (Å²) in [6, 6.07) is 11.5. The lowest BCUT2D eigenvalue weighted by molar-refractivity contribution is -0.140. The smallest absolute Gasteiger partial charge is 0.434 e. The van der Waals surface area contributed by atoms with Gasteiger partial charge in [-0.15, -0.1) is 0 Å². The number of benzene rings is 2. The van der Waals surface area contributed by atoms with Crippen LogP contribution in [0.15, 0.2) is 48.7 Å². The minimum Gasteiger partial charge on any atom is -0.507 e. The highest BCUT2D eigenvalue weighted by molar-refractivity contribution is 6.30. The molecule has 1 heterocycles. The number of ether oxygens (including phenoxy) is 1. The summed E-state index contributed by atoms with van der Waals surface area (Å²) in [7, 11) is 1.43. The van der Waals surface area contributed by atoms with Crippen molar-refractivity contribution in [3.63, 3.8) is 0 Å². The molecule has 1 N–H and O–H groups in total. The third-order valence-corrected chi connectivity index (χ3v) is 3.95. The summed E-state index contributed by atoms with van der Waals surface area (Å²) in [4.78, 5) is 3.57. The summed E-state index contributed by atoms with van der Waals surface area (Å²) in [5.41, 5.74) is 0.0520. The number of aromatic nitrogens is 2. The largest absolute Gasteiger partial charge is 0.507 e. The second kappa shape index (κ2) is 6.92. The third kappa shape index (κ3) is 3.94. The molecule has 3 aromatic rings. The lowest BCUT2D eigenvalue weighted by Crippen LogP contribution is -2.04. The summed E-state index contributed by atoms with van der Waals surface area (Å²) in [5.74, 6) is 0.173. The minimum absolute atomic E-state index is 0.0130. The molecule has 0 spiro atoms. The number of halogens is 4. The van der Waals surface area contributed by atoms with Gasteiger partial charge in [0.15, 0.2) is 5.69 Å². The van der Waals surface area contributed by atoms with Crippen LogP contribution in [0.1, 0.15) is 11.3 Å². The fourth-order valence-electron chi connectivity index (χ4n) is 2.39. The zero-order valence-corrected chi connectivity index (χ0v) is 14.3. The summed E-state index contributed by atoms with van der Waals surface area (Å²) in [5, 5.41) is 10.8. The molecule has 136 valence electrons. The van der Waals surface area contributed by atoms with Gasteiger partial charge in [-0.2, -0.15) is 13.2 Å². The highest BCUT2D eigenvalue weighted by Gasteiger charge is 2.34. The van der Waals surface area contributed by atoms with Gasteiger partial charge in [0.2, 0.25) is 0 Å². The van der Waals surface area contributed by atoms with E-state index in [1.54, 1.807) is 18.2 Å². The first-order valence-electron chi connectivity index (χ1n) is 7.55. The second-order valence-electron chi connectivity index (χ2n) is 5.65. The Balaban J connectivity index is 1.79. The predicted molar refractivity (Wildman–Crippen MR) is 91.1 cm³/mol. The van der Waals surface area contributed by atoms with Gasteiger partial charge < -0.3 is 14.4 Å². The van der Waals surface area contributed by atoms with Crippen LogP contribution >= 0.6 is 11.6 Å². The molecule has 0 aliphatic heterocycles. The SMILES string of the molecule is Cn1cc(C(F)(F)F)nc1-c1ccc(OCc2ccc(Cl)cc2)cc1O. The predicted octanol–water partition coefficient (Wildman–Crippen LogP) is 5.04. The maximum atomic E-state index is 12.8. The summed E-state index contributed by atoms with van der Waals surface area (Å²) >= 11 is 5.82. The summed E-state index contributed by atoms with van der Waals surface area (Å²) in [6.07, 6.45) is -3.67. The molecule has 2 aromatic carbocycles. The number of aryl methyl sites for hydroxylation is 1. The van der Waals surface area contributed by atoms with E-state index in [0.29, 0.717) is 10.8 Å². The monoisotopic (exact) mass is 382 g/mol. The van der Waals surface area contributed by atoms with Crippen LogP contribution in [0, 0.1) is 0 Å². The lowest BCUT2D eigenvalue weighted by Gasteiger charge is -2.09. The fraction of sp³-hybridized carbons (Fsp3) is 0.167. The Morgan fingerprint density at radius 1 is 1.15 bits per heavy atom. The molecule has 0 saturated heterocycles. The first kappa shape index (κ1) is 18.1. The molecule has 0 atom stereocenters. The summed E-state index contributed by atoms with van der Waals surface area (Å²) in [6.45, 7) is 0.260. The van der Waals surface area contributed by atoms with Gasteiger partial charge in [-0.25, -0.2) is 4.98 Å². The van der Waals surface area contributed by atoms with Gasteiger partial charge in [-0.1, -0.05) is 23.7 Å². The van der Waals surface area contributed by atoms with Crippen LogP contribution in [-0.4, -0.2) is 14.7 Å². The molecule has 26 heavy (non-hydrogen) atoms. The van der Waals surface area contributed by atoms with E-state index in [4.69, 9.17) is 16.3 Å². The van der Waals surface area contributed by atoms with Crippen molar-refractivity contribution in [1.29, 1.82) is 0 Å². The molecular weight excluding hydrogens is 369 g/mol. The number of rotatable bonds is 4. The van der Waals surface area contributed by atoms with Crippen molar-refractivity contribution in [3.8, 4) is 22.9 Å². The topological polar surface area (TPSA) is 47.3 Å². The Bertz CT molecular complexity index is 921. The maximum absolute atomic E-state index is 12.8. The molecule has 0 saturated carbocycles. The van der Waals surface area contributed by atoms with E-state index in [9.17, 15) is 18.3 Å². The van der Waals surface area contributed by atoms with E-state index in [1.165, 1.54) is 23.7 Å². The maximum Gasteiger partial charge on any atom is 0.434 e. The number of phenolic OH excluding ortho intramolecular Hbond substituents is 1. The standard InChI is InChI=1S/C18H14ClF3N2O2/c1-24-9-16(18(20,21)22)23-17(24)14-7-6-13(8-15(14)25)26-10-11-2-4-12(19)5-3-11/h2-9,25H,10H2,1H3. The van der Waals surface area contributed by atoms with E-state index < -0.39 is 11.9 Å². The van der Waals surface area contributed by atoms with Crippen molar-refractivity contribution in [1.82, 2.24) is 9.55 Å². The molecule has 0 aliphatic carbocycles. The second-order valence-corrected chi connectivity index (χ2v) is 6.09. The Morgan fingerprint density at radius 2 is 1.85 bits per heavy atom. The molecule has 0 fully saturated rings. The number of hydrogen-bond acceptors (Lipinski definition) is 3. The first-order valence-corrected chi connectivity index (χ1v) is 7.93. The molecule has 8 heteroatoms. The number of alkyl halides is 3. The average molecular weight is 383 g/mol. The van der Waals surface area contributed by atoms with Crippen molar-refractivity contribution in [3.05, 3.63) is 64.9 Å². The molecule has 0 aliphatic rings. The van der Waals surface area contributed by atoms with Gasteiger partial charge in [0, 0.05) is 24.3 Å². The van der Waals surface area contributed by atoms with Crippen LogP contribution < -0.4 is 4.74 Å². The van der Waals surface area contributed by atoms with Crippen LogP contribution in [-0.2, 0) is 19.8 Å². The van der Waals surface area contributed by atoms with E-state index in [2.05, 4.69) is 4.98 Å². The number of nitrogens with zero attached hydrogens (tertiary/aromatic N) is 2. The summed E-state index contributed by atoms with van der Waals surface area (Å²) < 4.78 is 45.1. The molecular formula is C18H14ClF3N2O2. The molecule has 1 aromatic heterocycles. The molecule has 0 bridgehead atoms. The van der Waals surface area contributed by atoms with Crippen molar-refractivity contribution >= 4 is 11.6 Å². The fourth-order valence-corrected chi connectivity index (χ4v) is 2.52. The third-order valence-electron chi connectivity index (χ3n) is 3.70. The normalized spacial score (nSPS) is 11.6. The van der Waals surface area contributed by atoms with Gasteiger partial charge in [-0.3, -0.25) is 0 Å². The first-order chi connectivity index (χ1) is 12.2. The van der Waals surface area contributed by atoms with Gasteiger partial charge in [-0.05, 0) is 29.8 Å². The van der Waals surface area contributed by atoms with Crippen molar-refractivity contribution in [2.24, 2.45) is 7.05 Å². The van der Waals surface area contributed by atoms with Crippen molar-refractivity contribution in [2.45, 2.75) is 12.8 Å². The van der Waals surface area contributed by atoms with Crippen LogP contribution in [0.25, 0.3) is 11.4 Å². The highest BCUT2D eigenvalue weighted by Crippen LogP contribution is 2.35. The molecule has 0 radical (unpaired) electrons. The van der Waals surface area contributed by atoms with E-state index in [1.807, 2.05) is 12.1 Å². The quantitative estimate of drug-likeness (QED) is 0.687. The number of imidazole rings is 1. The Morgan fingerprint density at radius 3 is 2.42 bits per heavy atom. The number of hydrogen-bond donors (Lipinski definition) is 1. The van der Waals surface area contributed by atoms with Crippen LogP contribution in [0.5, 0.6) is 11.5 Å². The van der Waals surface area contributed by atoms with Gasteiger partial charge in [0.05, 0.1) is 5.56 Å². The number of phenols is 1.